The zero-order valence-electron chi connectivity index (χ0n) is 6.06. The van der Waals surface area contributed by atoms with Crippen LogP contribution < -0.4 is 0 Å². The summed E-state index contributed by atoms with van der Waals surface area (Å²) in [5, 5.41) is 8.19. The van der Waals surface area contributed by atoms with E-state index >= 15 is 0 Å². The van der Waals surface area contributed by atoms with Crippen LogP contribution in [0.4, 0.5) is 0 Å². The van der Waals surface area contributed by atoms with E-state index in [9.17, 15) is 9.36 Å². The van der Waals surface area contributed by atoms with Crippen molar-refractivity contribution in [3.63, 3.8) is 0 Å². The first-order valence-corrected chi connectivity index (χ1v) is 5.14. The van der Waals surface area contributed by atoms with Crippen molar-refractivity contribution < 1.29 is 19.4 Å². The second kappa shape index (κ2) is 4.31. The van der Waals surface area contributed by atoms with Crippen LogP contribution in [0.25, 0.3) is 0 Å². The van der Waals surface area contributed by atoms with E-state index < -0.39 is 13.3 Å². The number of hydrogen-bond acceptors (Lipinski definition) is 2. The first kappa shape index (κ1) is 10.4. The number of aliphatic carboxylic acids is 1. The Morgan fingerprint density at radius 2 is 2.18 bits per heavy atom. The van der Waals surface area contributed by atoms with E-state index in [1.54, 1.807) is 0 Å². The fourth-order valence-electron chi connectivity index (χ4n) is 0.563. The summed E-state index contributed by atoms with van der Waals surface area (Å²) in [5.74, 6) is -1.05. The normalized spacial score (nSPS) is 15.4. The van der Waals surface area contributed by atoms with Crippen molar-refractivity contribution in [3.05, 3.63) is 12.7 Å². The molecule has 5 heteroatoms. The van der Waals surface area contributed by atoms with Gasteiger partial charge in [0.2, 0.25) is 7.37 Å². The van der Waals surface area contributed by atoms with Crippen LogP contribution in [0.1, 0.15) is 6.42 Å². The zero-order valence-corrected chi connectivity index (χ0v) is 6.96. The fraction of sp³-hybridized carbons (Fsp3) is 0.500. The van der Waals surface area contributed by atoms with E-state index in [1.807, 2.05) is 0 Å². The van der Waals surface area contributed by atoms with E-state index in [-0.39, 0.29) is 18.7 Å². The fourth-order valence-corrected chi connectivity index (χ4v) is 1.69. The van der Waals surface area contributed by atoms with E-state index in [1.165, 1.54) is 6.08 Å². The van der Waals surface area contributed by atoms with Crippen LogP contribution in [0.15, 0.2) is 12.7 Å². The summed E-state index contributed by atoms with van der Waals surface area (Å²) >= 11 is 0. The van der Waals surface area contributed by atoms with Gasteiger partial charge in [-0.15, -0.1) is 6.58 Å². The Hall–Kier alpha value is -0.600. The molecule has 4 nitrogen and oxygen atoms in total. The van der Waals surface area contributed by atoms with Gasteiger partial charge in [0.25, 0.3) is 0 Å². The Kier molecular flexibility index (Phi) is 4.08. The van der Waals surface area contributed by atoms with Crippen molar-refractivity contribution in [1.29, 1.82) is 0 Å². The van der Waals surface area contributed by atoms with Gasteiger partial charge in [0.05, 0.1) is 6.42 Å². The summed E-state index contributed by atoms with van der Waals surface area (Å²) in [6.07, 6.45) is 0.874. The third kappa shape index (κ3) is 5.83. The second-order valence-corrected chi connectivity index (χ2v) is 4.69. The van der Waals surface area contributed by atoms with Crippen LogP contribution in [-0.4, -0.2) is 28.3 Å². The Balaban J connectivity index is 3.82. The Morgan fingerprint density at radius 3 is 2.55 bits per heavy atom. The van der Waals surface area contributed by atoms with Gasteiger partial charge >= 0.3 is 5.97 Å². The van der Waals surface area contributed by atoms with Crippen LogP contribution in [0, 0.1) is 0 Å². The molecule has 0 aromatic carbocycles. The number of rotatable bonds is 5. The third-order valence-electron chi connectivity index (χ3n) is 1.09. The summed E-state index contributed by atoms with van der Waals surface area (Å²) in [6.45, 7) is 3.29. The summed E-state index contributed by atoms with van der Waals surface area (Å²) in [7, 11) is -3.25. The highest BCUT2D eigenvalue weighted by molar-refractivity contribution is 7.58. The van der Waals surface area contributed by atoms with Gasteiger partial charge in [0.15, 0.2) is 0 Å². The molecule has 0 saturated carbocycles. The van der Waals surface area contributed by atoms with Crippen molar-refractivity contribution >= 4 is 13.3 Å². The molecule has 0 saturated heterocycles. The monoisotopic (exact) mass is 178 g/mol. The van der Waals surface area contributed by atoms with Crippen molar-refractivity contribution in [1.82, 2.24) is 0 Å². The highest BCUT2D eigenvalue weighted by Gasteiger charge is 2.16. The molecule has 0 radical (unpaired) electrons. The molecule has 0 aliphatic carbocycles. The molecule has 0 amide bonds. The molecule has 0 aliphatic heterocycles. The third-order valence-corrected chi connectivity index (χ3v) is 2.84. The predicted molar refractivity (Wildman–Crippen MR) is 42.0 cm³/mol. The van der Waals surface area contributed by atoms with E-state index in [2.05, 4.69) is 6.58 Å². The molecule has 0 bridgehead atoms. The lowest BCUT2D eigenvalue weighted by Crippen LogP contribution is -2.00. The maximum Gasteiger partial charge on any atom is 0.303 e. The van der Waals surface area contributed by atoms with E-state index in [0.29, 0.717) is 0 Å². The van der Waals surface area contributed by atoms with E-state index in [0.717, 1.165) is 0 Å². The number of carboxylic acid groups (broad SMARTS) is 1. The van der Waals surface area contributed by atoms with Crippen molar-refractivity contribution in [2.75, 3.05) is 12.3 Å². The first-order valence-electron chi connectivity index (χ1n) is 3.11. The number of allylic oxidation sites excluding steroid dienone is 1. The maximum atomic E-state index is 10.9. The Morgan fingerprint density at radius 1 is 1.64 bits per heavy atom. The summed E-state index contributed by atoms with van der Waals surface area (Å²) in [5.41, 5.74) is 0. The van der Waals surface area contributed by atoms with E-state index in [4.69, 9.17) is 10.00 Å². The first-order chi connectivity index (χ1) is 4.98. The molecule has 1 unspecified atom stereocenters. The molecule has 0 spiro atoms. The maximum absolute atomic E-state index is 10.9. The number of carboxylic acids is 1. The van der Waals surface area contributed by atoms with Crippen LogP contribution in [-0.2, 0) is 9.36 Å². The Labute approximate surface area is 65.0 Å². The number of hydrogen-bond donors (Lipinski definition) is 2. The average Bonchev–Trinajstić information content (AvgIpc) is 1.84. The molecular formula is C6H11O4P. The van der Waals surface area contributed by atoms with Gasteiger partial charge in [-0.25, -0.2) is 0 Å². The molecule has 0 heterocycles. The van der Waals surface area contributed by atoms with Gasteiger partial charge in [0.1, 0.15) is 0 Å². The minimum absolute atomic E-state index is 0.0136. The highest BCUT2D eigenvalue weighted by atomic mass is 31.2. The molecule has 64 valence electrons. The quantitative estimate of drug-likeness (QED) is 0.484. The molecule has 0 aliphatic rings. The molecule has 2 N–H and O–H groups in total. The smallest absolute Gasteiger partial charge is 0.303 e. The van der Waals surface area contributed by atoms with Gasteiger partial charge < -0.3 is 10.00 Å². The van der Waals surface area contributed by atoms with Crippen molar-refractivity contribution in [3.8, 4) is 0 Å². The summed E-state index contributed by atoms with van der Waals surface area (Å²) in [6, 6.07) is 0. The molecule has 0 rings (SSSR count). The summed E-state index contributed by atoms with van der Waals surface area (Å²) < 4.78 is 10.9. The van der Waals surface area contributed by atoms with Crippen molar-refractivity contribution in [2.45, 2.75) is 6.42 Å². The molecule has 0 aromatic heterocycles. The molecule has 1 atom stereocenters. The van der Waals surface area contributed by atoms with Crippen LogP contribution in [0.5, 0.6) is 0 Å². The van der Waals surface area contributed by atoms with Gasteiger partial charge in [-0.05, 0) is 0 Å². The van der Waals surface area contributed by atoms with Gasteiger partial charge in [-0.3, -0.25) is 9.36 Å². The minimum atomic E-state index is -3.25. The topological polar surface area (TPSA) is 74.6 Å². The van der Waals surface area contributed by atoms with Gasteiger partial charge in [-0.2, -0.15) is 0 Å². The SMILES string of the molecule is C=CCP(=O)(O)CCC(=O)O. The largest absolute Gasteiger partial charge is 0.481 e. The standard InChI is InChI=1S/C6H11O4P/c1-2-4-11(9,10)5-3-6(7)8/h2H,1,3-5H2,(H,7,8)(H,9,10). The predicted octanol–water partition coefficient (Wildman–Crippen LogP) is 0.917. The lowest BCUT2D eigenvalue weighted by Gasteiger charge is -2.05. The molecular weight excluding hydrogens is 167 g/mol. The Bertz CT molecular complexity index is 199. The van der Waals surface area contributed by atoms with Gasteiger partial charge in [0, 0.05) is 12.3 Å². The molecule has 11 heavy (non-hydrogen) atoms. The zero-order chi connectivity index (χ0) is 8.91. The van der Waals surface area contributed by atoms with Gasteiger partial charge in [-0.1, -0.05) is 6.08 Å². The second-order valence-electron chi connectivity index (χ2n) is 2.18. The minimum Gasteiger partial charge on any atom is -0.481 e. The molecule has 0 aromatic rings. The highest BCUT2D eigenvalue weighted by Crippen LogP contribution is 2.40. The van der Waals surface area contributed by atoms with Crippen LogP contribution in [0.3, 0.4) is 0 Å². The lowest BCUT2D eigenvalue weighted by molar-refractivity contribution is -0.136. The van der Waals surface area contributed by atoms with Crippen molar-refractivity contribution in [2.24, 2.45) is 0 Å². The van der Waals surface area contributed by atoms with Crippen LogP contribution in [0.2, 0.25) is 0 Å². The number of carbonyl (C=O) groups is 1. The molecule has 0 fully saturated rings. The lowest BCUT2D eigenvalue weighted by atomic mass is 10.5. The van der Waals surface area contributed by atoms with Crippen LogP contribution >= 0.6 is 7.37 Å². The average molecular weight is 178 g/mol. The summed E-state index contributed by atoms with van der Waals surface area (Å²) in [4.78, 5) is 19.0.